The molecule has 0 aliphatic carbocycles. The van der Waals surface area contributed by atoms with E-state index in [0.29, 0.717) is 24.8 Å². The zero-order valence-corrected chi connectivity index (χ0v) is 8.83. The average Bonchev–Trinajstić information content (AvgIpc) is 2.38. The van der Waals surface area contributed by atoms with Gasteiger partial charge < -0.3 is 0 Å². The second-order valence-corrected chi connectivity index (χ2v) is 5.77. The van der Waals surface area contributed by atoms with Gasteiger partial charge in [0.1, 0.15) is 0 Å². The summed E-state index contributed by atoms with van der Waals surface area (Å²) in [5.41, 5.74) is 1.52. The first-order valence-electron chi connectivity index (χ1n) is 4.61. The average molecular weight is 226 g/mol. The van der Waals surface area contributed by atoms with Crippen molar-refractivity contribution < 1.29 is 13.2 Å². The first-order chi connectivity index (χ1) is 7.11. The number of fused-ring (bicyclic) bond motifs is 1. The quantitative estimate of drug-likeness (QED) is 0.620. The van der Waals surface area contributed by atoms with Crippen LogP contribution in [0.3, 0.4) is 0 Å². The standard InChI is InChI=1S/C9H10N2O3S/c12-6-9-10-5-7-1-3-15(13,14)4-2-8(7)11-9/h5-6H,1-4H2. The maximum Gasteiger partial charge on any atom is 0.192 e. The molecule has 0 spiro atoms. The van der Waals surface area contributed by atoms with E-state index in [1.54, 1.807) is 6.20 Å². The van der Waals surface area contributed by atoms with Gasteiger partial charge in [0.15, 0.2) is 21.9 Å². The number of hydrogen-bond acceptors (Lipinski definition) is 5. The molecule has 5 nitrogen and oxygen atoms in total. The second kappa shape index (κ2) is 3.69. The molecule has 1 aliphatic heterocycles. The van der Waals surface area contributed by atoms with Crippen molar-refractivity contribution >= 4 is 16.1 Å². The van der Waals surface area contributed by atoms with Crippen LogP contribution in [-0.2, 0) is 22.7 Å². The van der Waals surface area contributed by atoms with Crippen LogP contribution in [0.4, 0.5) is 0 Å². The summed E-state index contributed by atoms with van der Waals surface area (Å²) in [7, 11) is -2.96. The lowest BCUT2D eigenvalue weighted by atomic mass is 10.1. The molecule has 0 amide bonds. The fraction of sp³-hybridized carbons (Fsp3) is 0.444. The van der Waals surface area contributed by atoms with E-state index in [-0.39, 0.29) is 17.3 Å². The predicted molar refractivity (Wildman–Crippen MR) is 53.5 cm³/mol. The van der Waals surface area contributed by atoms with Gasteiger partial charge >= 0.3 is 0 Å². The SMILES string of the molecule is O=Cc1ncc2c(n1)CCS(=O)(=O)CC2. The van der Waals surface area contributed by atoms with Gasteiger partial charge in [-0.25, -0.2) is 18.4 Å². The largest absolute Gasteiger partial charge is 0.294 e. The number of nitrogens with zero attached hydrogens (tertiary/aromatic N) is 2. The first kappa shape index (κ1) is 10.2. The second-order valence-electron chi connectivity index (χ2n) is 3.47. The van der Waals surface area contributed by atoms with Gasteiger partial charge in [0.25, 0.3) is 0 Å². The molecular formula is C9H10N2O3S. The molecule has 1 aliphatic rings. The Morgan fingerprint density at radius 2 is 2.00 bits per heavy atom. The third-order valence-corrected chi connectivity index (χ3v) is 4.06. The van der Waals surface area contributed by atoms with E-state index in [0.717, 1.165) is 5.56 Å². The molecule has 0 N–H and O–H groups in total. The van der Waals surface area contributed by atoms with Crippen LogP contribution in [0.2, 0.25) is 0 Å². The third kappa shape index (κ3) is 2.20. The summed E-state index contributed by atoms with van der Waals surface area (Å²) in [6.45, 7) is 0. The van der Waals surface area contributed by atoms with E-state index < -0.39 is 9.84 Å². The van der Waals surface area contributed by atoms with Gasteiger partial charge in [-0.05, 0) is 12.0 Å². The molecule has 0 unspecified atom stereocenters. The molecule has 0 radical (unpaired) electrons. The van der Waals surface area contributed by atoms with Crippen LogP contribution >= 0.6 is 0 Å². The fourth-order valence-electron chi connectivity index (χ4n) is 1.56. The summed E-state index contributed by atoms with van der Waals surface area (Å²) in [6, 6.07) is 0. The summed E-state index contributed by atoms with van der Waals surface area (Å²) < 4.78 is 22.8. The normalized spacial score (nSPS) is 18.9. The number of aromatic nitrogens is 2. The summed E-state index contributed by atoms with van der Waals surface area (Å²) in [5.74, 6) is 0.368. The fourth-order valence-corrected chi connectivity index (χ4v) is 2.80. The molecule has 0 saturated carbocycles. The summed E-state index contributed by atoms with van der Waals surface area (Å²) >= 11 is 0. The Balaban J connectivity index is 2.39. The van der Waals surface area contributed by atoms with Crippen molar-refractivity contribution in [3.63, 3.8) is 0 Å². The van der Waals surface area contributed by atoms with Crippen molar-refractivity contribution in [1.29, 1.82) is 0 Å². The Bertz CT molecular complexity index is 496. The highest BCUT2D eigenvalue weighted by atomic mass is 32.2. The summed E-state index contributed by atoms with van der Waals surface area (Å²) in [6.07, 6.45) is 2.93. The lowest BCUT2D eigenvalue weighted by molar-refractivity contribution is 0.111. The molecule has 80 valence electrons. The lowest BCUT2D eigenvalue weighted by Crippen LogP contribution is -2.10. The molecule has 0 fully saturated rings. The van der Waals surface area contributed by atoms with Crippen molar-refractivity contribution in [2.24, 2.45) is 0 Å². The molecule has 2 rings (SSSR count). The van der Waals surface area contributed by atoms with E-state index in [4.69, 9.17) is 0 Å². The van der Waals surface area contributed by atoms with Gasteiger partial charge in [0.2, 0.25) is 0 Å². The molecule has 6 heteroatoms. The molecule has 0 bridgehead atoms. The predicted octanol–water partition coefficient (Wildman–Crippen LogP) is -0.198. The van der Waals surface area contributed by atoms with E-state index in [1.807, 2.05) is 0 Å². The summed E-state index contributed by atoms with van der Waals surface area (Å²) in [4.78, 5) is 18.3. The minimum Gasteiger partial charge on any atom is -0.294 e. The van der Waals surface area contributed by atoms with Gasteiger partial charge in [-0.1, -0.05) is 0 Å². The Hall–Kier alpha value is -1.30. The van der Waals surface area contributed by atoms with Crippen LogP contribution in [0.5, 0.6) is 0 Å². The topological polar surface area (TPSA) is 77.0 Å². The third-order valence-electron chi connectivity index (χ3n) is 2.41. The van der Waals surface area contributed by atoms with Crippen LogP contribution < -0.4 is 0 Å². The van der Waals surface area contributed by atoms with Gasteiger partial charge in [0, 0.05) is 18.3 Å². The van der Waals surface area contributed by atoms with Crippen molar-refractivity contribution in [1.82, 2.24) is 9.97 Å². The number of carbonyl (C=O) groups excluding carboxylic acids is 1. The molecular weight excluding hydrogens is 216 g/mol. The van der Waals surface area contributed by atoms with Crippen molar-refractivity contribution in [3.8, 4) is 0 Å². The van der Waals surface area contributed by atoms with Gasteiger partial charge in [0.05, 0.1) is 11.5 Å². The van der Waals surface area contributed by atoms with Crippen LogP contribution in [0.15, 0.2) is 6.20 Å². The van der Waals surface area contributed by atoms with Crippen LogP contribution in [-0.4, -0.2) is 36.2 Å². The maximum absolute atomic E-state index is 11.4. The smallest absolute Gasteiger partial charge is 0.192 e. The Morgan fingerprint density at radius 3 is 2.73 bits per heavy atom. The summed E-state index contributed by atoms with van der Waals surface area (Å²) in [5, 5.41) is 0. The van der Waals surface area contributed by atoms with E-state index in [9.17, 15) is 13.2 Å². The zero-order valence-electron chi connectivity index (χ0n) is 8.01. The molecule has 1 aromatic heterocycles. The van der Waals surface area contributed by atoms with E-state index in [1.165, 1.54) is 0 Å². The number of rotatable bonds is 1. The molecule has 15 heavy (non-hydrogen) atoms. The highest BCUT2D eigenvalue weighted by Gasteiger charge is 2.19. The Labute approximate surface area is 87.5 Å². The van der Waals surface area contributed by atoms with Crippen molar-refractivity contribution in [2.45, 2.75) is 12.8 Å². The molecule has 2 heterocycles. The van der Waals surface area contributed by atoms with E-state index in [2.05, 4.69) is 9.97 Å². The highest BCUT2D eigenvalue weighted by Crippen LogP contribution is 2.14. The first-order valence-corrected chi connectivity index (χ1v) is 6.43. The van der Waals surface area contributed by atoms with Crippen molar-refractivity contribution in [3.05, 3.63) is 23.3 Å². The monoisotopic (exact) mass is 226 g/mol. The minimum absolute atomic E-state index is 0.106. The number of hydrogen-bond donors (Lipinski definition) is 0. The highest BCUT2D eigenvalue weighted by molar-refractivity contribution is 7.91. The van der Waals surface area contributed by atoms with Gasteiger partial charge in [-0.3, -0.25) is 4.79 Å². The molecule has 1 aromatic rings. The molecule has 0 atom stereocenters. The molecule has 0 aromatic carbocycles. The number of aldehydes is 1. The molecule has 0 saturated heterocycles. The number of sulfone groups is 1. The van der Waals surface area contributed by atoms with Crippen LogP contribution in [0.25, 0.3) is 0 Å². The zero-order chi connectivity index (χ0) is 10.9. The minimum atomic E-state index is -2.96. The maximum atomic E-state index is 11.4. The van der Waals surface area contributed by atoms with E-state index >= 15 is 0 Å². The van der Waals surface area contributed by atoms with Gasteiger partial charge in [-0.15, -0.1) is 0 Å². The Kier molecular flexibility index (Phi) is 2.52. The Morgan fingerprint density at radius 1 is 1.27 bits per heavy atom. The van der Waals surface area contributed by atoms with Crippen molar-refractivity contribution in [2.75, 3.05) is 11.5 Å². The van der Waals surface area contributed by atoms with Crippen LogP contribution in [0.1, 0.15) is 21.9 Å². The van der Waals surface area contributed by atoms with Crippen LogP contribution in [0, 0.1) is 0 Å². The number of aryl methyl sites for hydroxylation is 2. The lowest BCUT2D eigenvalue weighted by Gasteiger charge is -2.01. The number of carbonyl (C=O) groups is 1. The van der Waals surface area contributed by atoms with Gasteiger partial charge in [-0.2, -0.15) is 0 Å².